The minimum Gasteiger partial charge on any atom is -0.476 e. The van der Waals surface area contributed by atoms with Gasteiger partial charge in [-0.25, -0.2) is 17.9 Å². The Morgan fingerprint density at radius 2 is 1.60 bits per heavy atom. The Hall–Kier alpha value is -3.04. The predicted molar refractivity (Wildman–Crippen MR) is 136 cm³/mol. The van der Waals surface area contributed by atoms with Crippen LogP contribution in [0.2, 0.25) is 15.1 Å². The van der Waals surface area contributed by atoms with Gasteiger partial charge in [0.1, 0.15) is 0 Å². The van der Waals surface area contributed by atoms with Crippen molar-refractivity contribution in [1.29, 1.82) is 0 Å². The van der Waals surface area contributed by atoms with Crippen LogP contribution in [0.1, 0.15) is 21.6 Å². The number of nitrogens with zero attached hydrogens (tertiary/aromatic N) is 3. The molecule has 0 bridgehead atoms. The number of fused-ring (bicyclic) bond motifs is 3. The number of carboxylic acids is 1. The van der Waals surface area contributed by atoms with Crippen LogP contribution in [-0.2, 0) is 16.6 Å². The summed E-state index contributed by atoms with van der Waals surface area (Å²) in [4.78, 5) is 12.2. The van der Waals surface area contributed by atoms with E-state index < -0.39 is 16.0 Å². The highest BCUT2D eigenvalue weighted by Gasteiger charge is 2.38. The molecule has 0 radical (unpaired) electrons. The van der Waals surface area contributed by atoms with Crippen molar-refractivity contribution in [1.82, 2.24) is 9.78 Å². The zero-order valence-corrected chi connectivity index (χ0v) is 21.1. The number of benzene rings is 3. The van der Waals surface area contributed by atoms with Gasteiger partial charge in [-0.2, -0.15) is 5.10 Å². The molecular weight excluding hydrogens is 533 g/mol. The third-order valence-corrected chi connectivity index (χ3v) is 8.27. The van der Waals surface area contributed by atoms with Crippen LogP contribution in [0, 0.1) is 6.92 Å². The highest BCUT2D eigenvalue weighted by molar-refractivity contribution is 7.92. The molecule has 3 aromatic carbocycles. The van der Waals surface area contributed by atoms with Crippen LogP contribution in [0.15, 0.2) is 65.6 Å². The Kier molecular flexibility index (Phi) is 5.80. The summed E-state index contributed by atoms with van der Waals surface area (Å²) in [5.74, 6) is -1.30. The van der Waals surface area contributed by atoms with Gasteiger partial charge in [0, 0.05) is 21.2 Å². The zero-order chi connectivity index (χ0) is 25.1. The summed E-state index contributed by atoms with van der Waals surface area (Å²) in [6.07, 6.45) is 0. The SMILES string of the molecule is Cc1ccc(S(=O)(=O)N2Cc3c(C(=O)O)nn(-c4ccc(Cl)cc4Cl)c3-c3ccc(Cl)cc32)cc1. The topological polar surface area (TPSA) is 92.5 Å². The molecule has 5 rings (SSSR count). The van der Waals surface area contributed by atoms with E-state index in [-0.39, 0.29) is 27.7 Å². The average Bonchev–Trinajstić information content (AvgIpc) is 3.18. The molecule has 7 nitrogen and oxygen atoms in total. The number of sulfonamides is 1. The third-order valence-electron chi connectivity index (χ3n) is 5.72. The Labute approximate surface area is 216 Å². The molecule has 1 aliphatic heterocycles. The summed E-state index contributed by atoms with van der Waals surface area (Å²) in [5, 5.41) is 15.2. The monoisotopic (exact) mass is 547 g/mol. The number of aryl methyl sites for hydroxylation is 1. The molecule has 35 heavy (non-hydrogen) atoms. The van der Waals surface area contributed by atoms with E-state index in [1.54, 1.807) is 36.4 Å². The lowest BCUT2D eigenvalue weighted by molar-refractivity contribution is 0.0688. The maximum atomic E-state index is 13.7. The number of carbonyl (C=O) groups is 1. The van der Waals surface area contributed by atoms with Gasteiger partial charge < -0.3 is 5.11 Å². The Balaban J connectivity index is 1.79. The summed E-state index contributed by atoms with van der Waals surface area (Å²) in [6, 6.07) is 16.0. The summed E-state index contributed by atoms with van der Waals surface area (Å²) in [5.41, 5.74) is 2.41. The first-order chi connectivity index (χ1) is 16.6. The van der Waals surface area contributed by atoms with Crippen molar-refractivity contribution in [2.24, 2.45) is 0 Å². The van der Waals surface area contributed by atoms with Crippen molar-refractivity contribution in [3.8, 4) is 16.9 Å². The van der Waals surface area contributed by atoms with E-state index in [9.17, 15) is 18.3 Å². The van der Waals surface area contributed by atoms with Crippen molar-refractivity contribution in [2.75, 3.05) is 4.31 Å². The summed E-state index contributed by atoms with van der Waals surface area (Å²) >= 11 is 18.7. The van der Waals surface area contributed by atoms with E-state index >= 15 is 0 Å². The van der Waals surface area contributed by atoms with Gasteiger partial charge in [-0.05, 0) is 55.5 Å². The number of rotatable bonds is 4. The van der Waals surface area contributed by atoms with E-state index in [0.29, 0.717) is 32.7 Å². The standard InChI is InChI=1S/C24H16Cl3N3O4S/c1-13-2-6-16(7-3-13)35(33,34)29-12-18-22(24(31)32)28-30(20-9-5-14(25)10-19(20)27)23(18)17-8-4-15(26)11-21(17)29/h2-11H,12H2,1H3,(H,31,32). The van der Waals surface area contributed by atoms with Crippen LogP contribution in [0.4, 0.5) is 5.69 Å². The van der Waals surface area contributed by atoms with E-state index in [4.69, 9.17) is 34.8 Å². The van der Waals surface area contributed by atoms with E-state index in [2.05, 4.69) is 5.10 Å². The van der Waals surface area contributed by atoms with Gasteiger partial charge in [0.05, 0.1) is 33.5 Å². The lowest BCUT2D eigenvalue weighted by atomic mass is 9.99. The Morgan fingerprint density at radius 1 is 0.943 bits per heavy atom. The predicted octanol–water partition coefficient (Wildman–Crippen LogP) is 6.22. The minimum atomic E-state index is -4.06. The fourth-order valence-electron chi connectivity index (χ4n) is 4.07. The number of carboxylic acid groups (broad SMARTS) is 1. The van der Waals surface area contributed by atoms with Crippen molar-refractivity contribution >= 4 is 56.5 Å². The lowest BCUT2D eigenvalue weighted by Gasteiger charge is -2.31. The molecule has 2 heterocycles. The molecule has 0 unspecified atom stereocenters. The molecule has 0 saturated carbocycles. The number of hydrogen-bond donors (Lipinski definition) is 1. The molecule has 4 aromatic rings. The molecular formula is C24H16Cl3N3O4S. The molecule has 0 aliphatic carbocycles. The second kappa shape index (κ2) is 8.57. The highest BCUT2D eigenvalue weighted by Crippen LogP contribution is 2.45. The largest absolute Gasteiger partial charge is 0.476 e. The zero-order valence-electron chi connectivity index (χ0n) is 18.0. The molecule has 1 aromatic heterocycles. The van der Waals surface area contributed by atoms with Gasteiger partial charge in [-0.3, -0.25) is 4.31 Å². The Morgan fingerprint density at radius 3 is 2.26 bits per heavy atom. The average molecular weight is 549 g/mol. The van der Waals surface area contributed by atoms with Crippen LogP contribution in [0.25, 0.3) is 16.9 Å². The van der Waals surface area contributed by atoms with Gasteiger partial charge in [-0.1, -0.05) is 52.5 Å². The van der Waals surface area contributed by atoms with Crippen LogP contribution in [0.3, 0.4) is 0 Å². The molecule has 0 spiro atoms. The number of aromatic nitrogens is 2. The number of aromatic carboxylic acids is 1. The summed E-state index contributed by atoms with van der Waals surface area (Å²) in [7, 11) is -4.06. The van der Waals surface area contributed by atoms with Gasteiger partial charge in [0.25, 0.3) is 10.0 Å². The highest BCUT2D eigenvalue weighted by atomic mass is 35.5. The fraction of sp³-hybridized carbons (Fsp3) is 0.0833. The molecule has 0 atom stereocenters. The minimum absolute atomic E-state index is 0.0717. The number of halogens is 3. The van der Waals surface area contributed by atoms with E-state index in [1.165, 1.54) is 28.9 Å². The number of anilines is 1. The molecule has 178 valence electrons. The molecule has 0 amide bonds. The first-order valence-electron chi connectivity index (χ1n) is 10.3. The smallest absolute Gasteiger partial charge is 0.356 e. The van der Waals surface area contributed by atoms with Crippen molar-refractivity contribution in [3.05, 3.63) is 92.6 Å². The van der Waals surface area contributed by atoms with E-state index in [1.807, 2.05) is 6.92 Å². The normalized spacial score (nSPS) is 12.9. The summed E-state index contributed by atoms with van der Waals surface area (Å²) in [6.45, 7) is 1.60. The first-order valence-corrected chi connectivity index (χ1v) is 12.9. The lowest BCUT2D eigenvalue weighted by Crippen LogP contribution is -2.33. The van der Waals surface area contributed by atoms with Gasteiger partial charge in [0.15, 0.2) is 5.69 Å². The van der Waals surface area contributed by atoms with Gasteiger partial charge in [-0.15, -0.1) is 0 Å². The van der Waals surface area contributed by atoms with Crippen LogP contribution in [0.5, 0.6) is 0 Å². The maximum absolute atomic E-state index is 13.7. The second-order valence-corrected chi connectivity index (χ2v) is 11.1. The number of hydrogen-bond acceptors (Lipinski definition) is 4. The van der Waals surface area contributed by atoms with E-state index in [0.717, 1.165) is 9.87 Å². The molecule has 0 fully saturated rings. The van der Waals surface area contributed by atoms with Gasteiger partial charge >= 0.3 is 5.97 Å². The quantitative estimate of drug-likeness (QED) is 0.327. The van der Waals surface area contributed by atoms with Gasteiger partial charge in [0.2, 0.25) is 0 Å². The first kappa shape index (κ1) is 23.7. The summed E-state index contributed by atoms with van der Waals surface area (Å²) < 4.78 is 30.0. The molecule has 0 saturated heterocycles. The molecule has 1 N–H and O–H groups in total. The van der Waals surface area contributed by atoms with Crippen LogP contribution >= 0.6 is 34.8 Å². The van der Waals surface area contributed by atoms with Crippen LogP contribution < -0.4 is 4.31 Å². The van der Waals surface area contributed by atoms with Crippen molar-refractivity contribution in [3.63, 3.8) is 0 Å². The second-order valence-electron chi connectivity index (χ2n) is 7.97. The Bertz CT molecular complexity index is 1620. The molecule has 1 aliphatic rings. The van der Waals surface area contributed by atoms with Crippen LogP contribution in [-0.4, -0.2) is 29.3 Å². The fourth-order valence-corrected chi connectivity index (χ4v) is 6.17. The van der Waals surface area contributed by atoms with Crippen molar-refractivity contribution < 1.29 is 18.3 Å². The molecule has 11 heteroatoms. The van der Waals surface area contributed by atoms with Crippen molar-refractivity contribution in [2.45, 2.75) is 18.4 Å². The third kappa shape index (κ3) is 3.96. The maximum Gasteiger partial charge on any atom is 0.356 e.